The molecule has 3 N–H and O–H groups in total. The van der Waals surface area contributed by atoms with Crippen LogP contribution in [0.4, 0.5) is 0 Å². The highest BCUT2D eigenvalue weighted by Gasteiger charge is 2.01. The van der Waals surface area contributed by atoms with Gasteiger partial charge in [0.05, 0.1) is 32.2 Å². The number of ether oxygens (including phenoxy) is 4. The number of halogens is 2. The third-order valence-corrected chi connectivity index (χ3v) is 15.9. The molecular formula is C61H56Br2O7S6. The molecular weight excluding hydrogens is 1200 g/mol. The number of hydrogen-bond acceptors (Lipinski definition) is 13. The van der Waals surface area contributed by atoms with Crippen molar-refractivity contribution < 1.29 is 34.3 Å². The third kappa shape index (κ3) is 24.1. The van der Waals surface area contributed by atoms with Crippen LogP contribution in [0.5, 0.6) is 40.2 Å². The molecule has 4 aromatic carbocycles. The minimum absolute atomic E-state index is 0.212. The number of aromatic hydroxyl groups is 3. The SMILES string of the molecule is Brc1cccs1.Brc1ccsc1.COc1cc(C)cc(/C=C/c2cccs2)c1.COc1cc(O)cc(/C=C/c2cccs2)c1.COc1cc(O)cc(/C=C/c2cccs2)c1.COc1cc(O)cc(/C=C/c2ccsc2)c1. The molecule has 0 unspecified atom stereocenters. The van der Waals surface area contributed by atoms with Crippen LogP contribution < -0.4 is 18.9 Å². The molecule has 0 saturated heterocycles. The van der Waals surface area contributed by atoms with Gasteiger partial charge >= 0.3 is 0 Å². The lowest BCUT2D eigenvalue weighted by molar-refractivity contribution is 0.407. The van der Waals surface area contributed by atoms with Crippen LogP contribution in [-0.2, 0) is 0 Å². The molecule has 10 aromatic rings. The molecule has 0 spiro atoms. The van der Waals surface area contributed by atoms with E-state index in [1.165, 1.54) is 34.0 Å². The van der Waals surface area contributed by atoms with Crippen LogP contribution >= 0.6 is 99.9 Å². The van der Waals surface area contributed by atoms with Crippen LogP contribution in [0, 0.1) is 6.92 Å². The quantitative estimate of drug-likeness (QED) is 0.112. The van der Waals surface area contributed by atoms with E-state index in [2.05, 4.69) is 79.9 Å². The molecule has 392 valence electrons. The molecule has 0 saturated carbocycles. The van der Waals surface area contributed by atoms with Gasteiger partial charge in [-0.3, -0.25) is 0 Å². The fourth-order valence-corrected chi connectivity index (χ4v) is 10.8. The monoisotopic (exact) mass is 1250 g/mol. The Morgan fingerprint density at radius 2 is 0.737 bits per heavy atom. The summed E-state index contributed by atoms with van der Waals surface area (Å²) in [5.74, 6) is 3.52. The van der Waals surface area contributed by atoms with Crippen molar-refractivity contribution in [3.05, 3.63) is 233 Å². The first kappa shape index (κ1) is 60.5. The van der Waals surface area contributed by atoms with Crippen molar-refractivity contribution in [1.82, 2.24) is 0 Å². The molecule has 6 heterocycles. The zero-order valence-corrected chi connectivity index (χ0v) is 50.2. The molecule has 0 atom stereocenters. The standard InChI is InChI=1S/C14H14OS.3C13H12O2S.2C4H3BrS/c1-11-8-12(10-13(9-11)15-2)5-6-14-4-3-7-16-14;1-15-13-7-11(6-12(14)8-13)3-2-10-4-5-16-9-10;2*1-15-12-8-10(7-11(14)9-12)4-5-13-3-2-6-16-13;5-4-1-2-6-3-4;5-4-2-1-3-6-4/h3-10H,1-2H3;3*2-9,14H,1H3;2*1-3H/b6-5+;3-2+;2*5-4+;;. The smallest absolute Gasteiger partial charge is 0.123 e. The number of hydrogen-bond donors (Lipinski definition) is 3. The molecule has 0 aliphatic rings. The summed E-state index contributed by atoms with van der Waals surface area (Å²) in [4.78, 5) is 3.63. The van der Waals surface area contributed by atoms with Gasteiger partial charge in [0.2, 0.25) is 0 Å². The van der Waals surface area contributed by atoms with Gasteiger partial charge in [-0.2, -0.15) is 22.7 Å². The van der Waals surface area contributed by atoms with Gasteiger partial charge in [-0.05, 0) is 213 Å². The van der Waals surface area contributed by atoms with Gasteiger partial charge in [-0.15, -0.1) is 45.3 Å². The molecule has 7 nitrogen and oxygen atoms in total. The number of thiophene rings is 6. The predicted molar refractivity (Wildman–Crippen MR) is 339 cm³/mol. The Bertz CT molecular complexity index is 2850. The molecule has 0 radical (unpaired) electrons. The van der Waals surface area contributed by atoms with Crippen molar-refractivity contribution in [2.45, 2.75) is 6.92 Å². The molecule has 0 aliphatic heterocycles. The molecule has 6 aromatic heterocycles. The first-order chi connectivity index (χ1) is 36.9. The lowest BCUT2D eigenvalue weighted by Gasteiger charge is -2.03. The van der Waals surface area contributed by atoms with E-state index in [1.54, 1.807) is 133 Å². The van der Waals surface area contributed by atoms with E-state index in [-0.39, 0.29) is 17.2 Å². The molecule has 0 aliphatic carbocycles. The van der Waals surface area contributed by atoms with Crippen LogP contribution in [0.25, 0.3) is 48.6 Å². The van der Waals surface area contributed by atoms with E-state index < -0.39 is 0 Å². The molecule has 0 amide bonds. The summed E-state index contributed by atoms with van der Waals surface area (Å²) >= 11 is 16.7. The lowest BCUT2D eigenvalue weighted by atomic mass is 10.1. The molecule has 76 heavy (non-hydrogen) atoms. The highest BCUT2D eigenvalue weighted by atomic mass is 79.9. The van der Waals surface area contributed by atoms with Crippen molar-refractivity contribution in [1.29, 1.82) is 0 Å². The Hall–Kier alpha value is -6.40. The van der Waals surface area contributed by atoms with Gasteiger partial charge in [0, 0.05) is 42.7 Å². The molecule has 10 rings (SSSR count). The van der Waals surface area contributed by atoms with Gasteiger partial charge in [0.1, 0.15) is 40.2 Å². The van der Waals surface area contributed by atoms with E-state index >= 15 is 0 Å². The highest BCUT2D eigenvalue weighted by molar-refractivity contribution is 9.11. The maximum atomic E-state index is 9.47. The van der Waals surface area contributed by atoms with Gasteiger partial charge in [0.15, 0.2) is 0 Å². The average molecular weight is 1250 g/mol. The first-order valence-electron chi connectivity index (χ1n) is 22.9. The summed E-state index contributed by atoms with van der Waals surface area (Å²) in [6.07, 6.45) is 16.1. The average Bonchev–Trinajstić information content (AvgIpc) is 4.29. The maximum Gasteiger partial charge on any atom is 0.123 e. The van der Waals surface area contributed by atoms with Crippen LogP contribution in [0.1, 0.15) is 48.0 Å². The summed E-state index contributed by atoms with van der Waals surface area (Å²) < 4.78 is 22.9. The Labute approximate surface area is 486 Å². The molecule has 0 fully saturated rings. The van der Waals surface area contributed by atoms with Gasteiger partial charge in [-0.25, -0.2) is 0 Å². The van der Waals surface area contributed by atoms with Crippen molar-refractivity contribution >= 4 is 148 Å². The minimum atomic E-state index is 0.212. The second-order valence-electron chi connectivity index (χ2n) is 15.5. The van der Waals surface area contributed by atoms with E-state index in [0.717, 1.165) is 28.0 Å². The number of phenolic OH excluding ortho intramolecular Hbond substituents is 3. The number of rotatable bonds is 12. The summed E-state index contributed by atoms with van der Waals surface area (Å²) in [6.45, 7) is 2.07. The van der Waals surface area contributed by atoms with Crippen molar-refractivity contribution in [3.8, 4) is 40.2 Å². The first-order valence-corrected chi connectivity index (χ1v) is 29.9. The van der Waals surface area contributed by atoms with Crippen LogP contribution in [0.15, 0.2) is 185 Å². The normalized spacial score (nSPS) is 10.5. The molecule has 0 bridgehead atoms. The Balaban J connectivity index is 0.000000174. The summed E-state index contributed by atoms with van der Waals surface area (Å²) in [7, 11) is 6.45. The van der Waals surface area contributed by atoms with Crippen LogP contribution in [-0.4, -0.2) is 43.8 Å². The van der Waals surface area contributed by atoms with Crippen molar-refractivity contribution in [2.24, 2.45) is 0 Å². The summed E-state index contributed by atoms with van der Waals surface area (Å²) in [5, 5.41) is 44.8. The number of methoxy groups -OCH3 is 4. The number of aryl methyl sites for hydroxylation is 1. The van der Waals surface area contributed by atoms with Gasteiger partial charge in [-0.1, -0.05) is 60.7 Å². The topological polar surface area (TPSA) is 97.6 Å². The third-order valence-electron chi connectivity index (χ3n) is 9.69. The van der Waals surface area contributed by atoms with E-state index in [0.29, 0.717) is 17.2 Å². The van der Waals surface area contributed by atoms with Crippen molar-refractivity contribution in [3.63, 3.8) is 0 Å². The Kier molecular flexibility index (Phi) is 27.3. The van der Waals surface area contributed by atoms with Crippen LogP contribution in [0.3, 0.4) is 0 Å². The Morgan fingerprint density at radius 1 is 0.368 bits per heavy atom. The van der Waals surface area contributed by atoms with E-state index in [9.17, 15) is 15.3 Å². The number of phenols is 3. The fourth-order valence-electron chi connectivity index (χ4n) is 6.21. The van der Waals surface area contributed by atoms with Crippen molar-refractivity contribution in [2.75, 3.05) is 28.4 Å². The number of benzene rings is 4. The summed E-state index contributed by atoms with van der Waals surface area (Å²) in [6, 6.07) is 42.1. The predicted octanol–water partition coefficient (Wildman–Crippen LogP) is 20.2. The van der Waals surface area contributed by atoms with Gasteiger partial charge < -0.3 is 34.3 Å². The second-order valence-corrected chi connectivity index (χ2v) is 23.2. The van der Waals surface area contributed by atoms with E-state index in [4.69, 9.17) is 18.9 Å². The highest BCUT2D eigenvalue weighted by Crippen LogP contribution is 2.27. The largest absolute Gasteiger partial charge is 0.508 e. The Morgan fingerprint density at radius 3 is 1.04 bits per heavy atom. The maximum absolute atomic E-state index is 9.47. The zero-order chi connectivity index (χ0) is 54.3. The van der Waals surface area contributed by atoms with Gasteiger partial charge in [0.25, 0.3) is 0 Å². The van der Waals surface area contributed by atoms with Crippen LogP contribution in [0.2, 0.25) is 0 Å². The minimum Gasteiger partial charge on any atom is -0.508 e. The fraction of sp³-hybridized carbons (Fsp3) is 0.0820. The summed E-state index contributed by atoms with van der Waals surface area (Å²) in [5.41, 5.74) is 6.31. The van der Waals surface area contributed by atoms with E-state index in [1.807, 2.05) is 148 Å². The second kappa shape index (κ2) is 34.3. The zero-order valence-electron chi connectivity index (χ0n) is 42.1. The molecule has 15 heteroatoms. The lowest BCUT2D eigenvalue weighted by Crippen LogP contribution is -1.85.